The highest BCUT2D eigenvalue weighted by Gasteiger charge is 2.39. The summed E-state index contributed by atoms with van der Waals surface area (Å²) in [6.45, 7) is 11.5. The van der Waals surface area contributed by atoms with Gasteiger partial charge >= 0.3 is 0 Å². The van der Waals surface area contributed by atoms with Gasteiger partial charge in [-0.05, 0) is 123 Å². The molecule has 1 aliphatic heterocycles. The molecule has 1 fully saturated rings. The lowest BCUT2D eigenvalue weighted by Gasteiger charge is -2.31. The van der Waals surface area contributed by atoms with Crippen molar-refractivity contribution in [1.82, 2.24) is 57.7 Å². The van der Waals surface area contributed by atoms with Crippen LogP contribution in [0.15, 0.2) is 91.1 Å². The molecular weight excluding hydrogens is 1060 g/mol. The molecule has 9 amide bonds. The number of fused-ring (bicyclic) bond motifs is 1. The maximum absolute atomic E-state index is 14.8. The van der Waals surface area contributed by atoms with Crippen LogP contribution in [-0.4, -0.2) is 154 Å². The highest BCUT2D eigenvalue weighted by Crippen LogP contribution is 2.22. The Morgan fingerprint density at radius 3 is 1.83 bits per heavy atom. The fourth-order valence-corrected chi connectivity index (χ4v) is 9.84. The van der Waals surface area contributed by atoms with E-state index in [-0.39, 0.29) is 74.4 Å². The normalized spacial score (nSPS) is 15.2. The minimum Gasteiger partial charge on any atom is -0.508 e. The first-order chi connectivity index (χ1) is 39.8. The van der Waals surface area contributed by atoms with Gasteiger partial charge < -0.3 is 63.0 Å². The zero-order valence-corrected chi connectivity index (χ0v) is 48.6. The second kappa shape index (κ2) is 33.8. The third-order valence-corrected chi connectivity index (χ3v) is 14.1. The van der Waals surface area contributed by atoms with Crippen LogP contribution in [0.5, 0.6) is 5.75 Å². The molecule has 3 aromatic carbocycles. The summed E-state index contributed by atoms with van der Waals surface area (Å²) in [7, 11) is 0. The van der Waals surface area contributed by atoms with Gasteiger partial charge in [0, 0.05) is 51.6 Å². The largest absolute Gasteiger partial charge is 0.508 e. The lowest BCUT2D eigenvalue weighted by atomic mass is 10.00. The zero-order chi connectivity index (χ0) is 60.4. The van der Waals surface area contributed by atoms with E-state index in [1.54, 1.807) is 25.1 Å². The molecular formula is C61H85N11O11. The van der Waals surface area contributed by atoms with E-state index in [1.807, 2.05) is 70.2 Å². The topological polar surface area (TPSA) is 318 Å². The molecule has 1 aromatic heterocycles. The number of aromatic hydroxyl groups is 1. The monoisotopic (exact) mass is 1150 g/mol. The van der Waals surface area contributed by atoms with E-state index in [4.69, 9.17) is 0 Å². The predicted molar refractivity (Wildman–Crippen MR) is 314 cm³/mol. The molecule has 0 spiro atoms. The van der Waals surface area contributed by atoms with Gasteiger partial charge in [0.2, 0.25) is 47.3 Å². The van der Waals surface area contributed by atoms with E-state index in [0.29, 0.717) is 62.9 Å². The molecule has 1 saturated heterocycles. The highest BCUT2D eigenvalue weighted by atomic mass is 16.3. The minimum atomic E-state index is -1.63. The van der Waals surface area contributed by atoms with E-state index in [1.165, 1.54) is 42.3 Å². The average Bonchev–Trinajstić information content (AvgIpc) is 4.20. The Bertz CT molecular complexity index is 2800. The van der Waals surface area contributed by atoms with Crippen LogP contribution in [0.4, 0.5) is 0 Å². The van der Waals surface area contributed by atoms with Crippen LogP contribution < -0.4 is 47.9 Å². The number of likely N-dealkylation sites (tertiary alicyclic amines) is 1. The number of carbonyl (C=O) groups is 9. The molecule has 5 rings (SSSR count). The van der Waals surface area contributed by atoms with Crippen LogP contribution in [0.25, 0.3) is 10.8 Å². The Morgan fingerprint density at radius 1 is 0.614 bits per heavy atom. The first kappa shape index (κ1) is 65.8. The van der Waals surface area contributed by atoms with Gasteiger partial charge in [0.05, 0.1) is 6.61 Å². The number of aromatic nitrogens is 1. The van der Waals surface area contributed by atoms with Crippen molar-refractivity contribution in [3.63, 3.8) is 0 Å². The first-order valence-electron chi connectivity index (χ1n) is 28.9. The van der Waals surface area contributed by atoms with Crippen molar-refractivity contribution >= 4 is 63.9 Å². The number of likely N-dealkylation sites (N-methyl/N-ethyl adjacent to an activating group) is 1. The van der Waals surface area contributed by atoms with E-state index >= 15 is 0 Å². The van der Waals surface area contributed by atoms with Crippen LogP contribution in [0.2, 0.25) is 0 Å². The molecule has 2 heterocycles. The van der Waals surface area contributed by atoms with Crippen molar-refractivity contribution in [3.8, 4) is 5.75 Å². The second-order valence-electron chi connectivity index (χ2n) is 21.8. The van der Waals surface area contributed by atoms with E-state index in [2.05, 4.69) is 52.8 Å². The minimum absolute atomic E-state index is 0.0221. The molecule has 22 nitrogen and oxygen atoms in total. The summed E-state index contributed by atoms with van der Waals surface area (Å²) in [5.41, 5.74) is 1.39. The van der Waals surface area contributed by atoms with Gasteiger partial charge in [-0.1, -0.05) is 88.4 Å². The van der Waals surface area contributed by atoms with Gasteiger partial charge in [-0.25, -0.2) is 0 Å². The molecule has 0 radical (unpaired) electrons. The average molecular weight is 1150 g/mol. The van der Waals surface area contributed by atoms with Gasteiger partial charge in [-0.3, -0.25) is 48.1 Å². The predicted octanol–water partition coefficient (Wildman–Crippen LogP) is 2.59. The van der Waals surface area contributed by atoms with Crippen molar-refractivity contribution in [2.45, 2.75) is 161 Å². The van der Waals surface area contributed by atoms with Crippen LogP contribution in [-0.2, 0) is 51.2 Å². The molecule has 0 aliphatic carbocycles. The van der Waals surface area contributed by atoms with Crippen molar-refractivity contribution in [2.75, 3.05) is 32.8 Å². The van der Waals surface area contributed by atoms with E-state index in [0.717, 1.165) is 10.8 Å². The van der Waals surface area contributed by atoms with Crippen LogP contribution in [0.1, 0.15) is 121 Å². The maximum atomic E-state index is 14.8. The first-order valence-corrected chi connectivity index (χ1v) is 28.9. The van der Waals surface area contributed by atoms with Crippen molar-refractivity contribution in [3.05, 3.63) is 108 Å². The molecule has 83 heavy (non-hydrogen) atoms. The smallest absolute Gasteiger partial charge is 0.269 e. The lowest BCUT2D eigenvalue weighted by Crippen LogP contribution is -2.61. The Labute approximate surface area is 486 Å². The SMILES string of the molecule is CCNC(=O)[C@@H]1CCCN1C(=O)[C@H](CCCCNC(C)C)NC(=O)[C@H](CC(C)C)NC(=O)[C@H](CCCCNC(=O)c1ccccn1)NC(=O)[C@H](Cc1ccc(O)cc1)NC(=O)[C@H](CO)NC(=O)[C@H](Cc1ccc2ccccc2c1)NC(C)=O. The molecule has 0 saturated carbocycles. The number of amides is 9. The Kier molecular flexibility index (Phi) is 26.8. The Morgan fingerprint density at radius 2 is 1.18 bits per heavy atom. The van der Waals surface area contributed by atoms with Crippen molar-refractivity contribution in [1.29, 1.82) is 0 Å². The van der Waals surface area contributed by atoms with Gasteiger partial charge in [0.15, 0.2) is 0 Å². The molecule has 1 aliphatic rings. The summed E-state index contributed by atoms with van der Waals surface area (Å²) in [6.07, 6.45) is 4.63. The van der Waals surface area contributed by atoms with Crippen molar-refractivity contribution < 1.29 is 53.4 Å². The number of nitrogens with one attached hydrogen (secondary N) is 9. The zero-order valence-electron chi connectivity index (χ0n) is 48.6. The number of unbranched alkanes of at least 4 members (excludes halogenated alkanes) is 2. The molecule has 0 unspecified atom stereocenters. The van der Waals surface area contributed by atoms with Crippen LogP contribution in [0.3, 0.4) is 0 Å². The molecule has 11 N–H and O–H groups in total. The number of carbonyl (C=O) groups excluding carboxylic acids is 9. The fraction of sp³-hybridized carbons (Fsp3) is 0.508. The highest BCUT2D eigenvalue weighted by molar-refractivity contribution is 5.98. The van der Waals surface area contributed by atoms with Crippen molar-refractivity contribution in [2.24, 2.45) is 5.92 Å². The van der Waals surface area contributed by atoms with Gasteiger partial charge in [-0.15, -0.1) is 0 Å². The van der Waals surface area contributed by atoms with Gasteiger partial charge in [0.1, 0.15) is 53.7 Å². The number of nitrogens with zero attached hydrogens (tertiary/aromatic N) is 2. The third-order valence-electron chi connectivity index (χ3n) is 14.1. The number of aliphatic hydroxyl groups excluding tert-OH is 1. The summed E-state index contributed by atoms with van der Waals surface area (Å²) in [5, 5.41) is 47.8. The number of aliphatic hydroxyl groups is 1. The number of phenols is 1. The van der Waals surface area contributed by atoms with E-state index < -0.39 is 96.2 Å². The fourth-order valence-electron chi connectivity index (χ4n) is 9.84. The summed E-state index contributed by atoms with van der Waals surface area (Å²) in [6, 6.07) is 15.6. The number of benzene rings is 3. The Hall–Kier alpha value is -7.98. The molecule has 4 aromatic rings. The number of hydrogen-bond donors (Lipinski definition) is 11. The summed E-state index contributed by atoms with van der Waals surface area (Å²) < 4.78 is 0. The quantitative estimate of drug-likeness (QED) is 0.0306. The molecule has 7 atom stereocenters. The molecule has 22 heteroatoms. The summed E-state index contributed by atoms with van der Waals surface area (Å²) in [4.78, 5) is 130. The number of phenolic OH excluding ortho intramolecular Hbond substituents is 1. The van der Waals surface area contributed by atoms with Crippen LogP contribution >= 0.6 is 0 Å². The number of hydrogen-bond acceptors (Lipinski definition) is 13. The van der Waals surface area contributed by atoms with Crippen LogP contribution in [0, 0.1) is 5.92 Å². The number of rotatable bonds is 33. The van der Waals surface area contributed by atoms with Gasteiger partial charge in [0.25, 0.3) is 5.91 Å². The standard InChI is InChI=1S/C61H85N11O11/c1-7-62-60(82)53-22-16-32-72(53)61(83)48(21-12-13-29-63-39(4)5)68-56(78)49(33-38(2)3)69-55(77)47(20-11-15-31-65-54(76)46-19-10-14-30-64-46)67-58(80)51(35-41-24-27-45(75)28-25-41)70-59(81)52(37-73)71-57(79)50(66-40(6)74)36-42-23-26-43-17-8-9-18-44(43)34-42/h8-10,14,17-19,23-28,30,34,38-39,47-53,63,73,75H,7,11-13,15-16,20-22,29,31-33,35-37H2,1-6H3,(H,62,82)(H,65,76)(H,66,74)(H,67,80)(H,68,78)(H,69,77)(H,70,81)(H,71,79)/t47-,48-,49-,50-,51-,52-,53-/m0/s1. The molecule has 0 bridgehead atoms. The van der Waals surface area contributed by atoms with E-state index in [9.17, 15) is 53.4 Å². The lowest BCUT2D eigenvalue weighted by molar-refractivity contribution is -0.142. The maximum Gasteiger partial charge on any atom is 0.269 e. The molecule has 450 valence electrons. The second-order valence-corrected chi connectivity index (χ2v) is 21.8. The number of pyridine rings is 1. The van der Waals surface area contributed by atoms with Gasteiger partial charge in [-0.2, -0.15) is 0 Å². The Balaban J connectivity index is 1.39. The summed E-state index contributed by atoms with van der Waals surface area (Å²) >= 11 is 0. The third kappa shape index (κ3) is 21.7. The summed E-state index contributed by atoms with van der Waals surface area (Å²) in [5.74, 6) is -5.87.